The second-order valence-corrected chi connectivity index (χ2v) is 7.72. The number of Topliss-reactive ketones (excluding diaryl/α,β-unsaturated/α-hetero) is 1. The summed E-state index contributed by atoms with van der Waals surface area (Å²) in [4.78, 5) is 13.4. The summed E-state index contributed by atoms with van der Waals surface area (Å²) in [6, 6.07) is 11.1. The summed E-state index contributed by atoms with van der Waals surface area (Å²) < 4.78 is 0. The van der Waals surface area contributed by atoms with Crippen molar-refractivity contribution < 1.29 is 4.79 Å². The van der Waals surface area contributed by atoms with Crippen molar-refractivity contribution in [3.63, 3.8) is 0 Å². The van der Waals surface area contributed by atoms with E-state index in [1.165, 1.54) is 28.3 Å². The van der Waals surface area contributed by atoms with Gasteiger partial charge in [-0.3, -0.25) is 4.79 Å². The molecule has 2 aromatic carbocycles. The molecule has 3 aliphatic carbocycles. The van der Waals surface area contributed by atoms with Gasteiger partial charge in [0.05, 0.1) is 0 Å². The summed E-state index contributed by atoms with van der Waals surface area (Å²) in [5.74, 6) is 1.57. The Kier molecular flexibility index (Phi) is 2.69. The van der Waals surface area contributed by atoms with E-state index in [1.54, 1.807) is 0 Å². The highest BCUT2D eigenvalue weighted by atomic mass is 16.1. The second-order valence-electron chi connectivity index (χ2n) is 7.72. The monoisotopic (exact) mass is 302 g/mol. The maximum atomic E-state index is 13.4. The van der Waals surface area contributed by atoms with Crippen molar-refractivity contribution in [1.29, 1.82) is 0 Å². The standard InChI is InChI=1S/C22H22O/c1-2-14-3-5-16-11-17-7-8-22(13-15-4-6-19(22)10-15)21(23)20(17)12-18(16)9-14/h3-6,9,11-12,15,19H,2,7-8,10,13H2,1H3. The molecule has 0 aliphatic heterocycles. The van der Waals surface area contributed by atoms with E-state index in [-0.39, 0.29) is 5.41 Å². The van der Waals surface area contributed by atoms with Crippen molar-refractivity contribution in [2.45, 2.75) is 39.0 Å². The summed E-state index contributed by atoms with van der Waals surface area (Å²) >= 11 is 0. The van der Waals surface area contributed by atoms with Crippen molar-refractivity contribution >= 4 is 16.6 Å². The lowest BCUT2D eigenvalue weighted by molar-refractivity contribution is 0.0703. The highest BCUT2D eigenvalue weighted by Gasteiger charge is 2.54. The first-order valence-electron chi connectivity index (χ1n) is 8.98. The van der Waals surface area contributed by atoms with Crippen molar-refractivity contribution in [2.24, 2.45) is 17.3 Å². The topological polar surface area (TPSA) is 17.1 Å². The lowest BCUT2D eigenvalue weighted by Gasteiger charge is -2.38. The van der Waals surface area contributed by atoms with Crippen LogP contribution >= 0.6 is 0 Å². The van der Waals surface area contributed by atoms with Crippen LogP contribution in [0.15, 0.2) is 42.5 Å². The third kappa shape index (κ3) is 1.77. The number of ketones is 1. The van der Waals surface area contributed by atoms with E-state index in [4.69, 9.17) is 0 Å². The molecule has 1 saturated carbocycles. The zero-order valence-corrected chi connectivity index (χ0v) is 13.6. The number of rotatable bonds is 1. The van der Waals surface area contributed by atoms with E-state index >= 15 is 0 Å². The fourth-order valence-corrected chi connectivity index (χ4v) is 5.28. The van der Waals surface area contributed by atoms with E-state index in [0.717, 1.165) is 31.2 Å². The Balaban J connectivity index is 1.65. The molecular formula is C22H22O. The van der Waals surface area contributed by atoms with Crippen LogP contribution in [0.2, 0.25) is 0 Å². The second kappa shape index (κ2) is 4.56. The molecule has 0 amide bonds. The van der Waals surface area contributed by atoms with Gasteiger partial charge in [-0.1, -0.05) is 43.3 Å². The molecule has 3 unspecified atom stereocenters. The van der Waals surface area contributed by atoms with Crippen molar-refractivity contribution in [2.75, 3.05) is 0 Å². The molecule has 1 nitrogen and oxygen atoms in total. The molecule has 0 N–H and O–H groups in total. The number of hydrogen-bond acceptors (Lipinski definition) is 1. The first kappa shape index (κ1) is 13.5. The summed E-state index contributed by atoms with van der Waals surface area (Å²) in [6.45, 7) is 2.18. The smallest absolute Gasteiger partial charge is 0.169 e. The minimum Gasteiger partial charge on any atom is -0.294 e. The summed E-state index contributed by atoms with van der Waals surface area (Å²) in [6.07, 6.45) is 10.1. The molecule has 1 fully saturated rings. The van der Waals surface area contributed by atoms with Gasteiger partial charge in [-0.05, 0) is 71.9 Å². The molecule has 0 heterocycles. The quantitative estimate of drug-likeness (QED) is 0.669. The van der Waals surface area contributed by atoms with Crippen LogP contribution < -0.4 is 0 Å². The summed E-state index contributed by atoms with van der Waals surface area (Å²) in [5.41, 5.74) is 3.54. The van der Waals surface area contributed by atoms with Crippen LogP contribution in [0.1, 0.15) is 47.7 Å². The first-order valence-corrected chi connectivity index (χ1v) is 8.98. The lowest BCUT2D eigenvalue weighted by Crippen LogP contribution is -2.39. The number of carbonyl (C=O) groups excluding carboxylic acids is 1. The van der Waals surface area contributed by atoms with Gasteiger partial charge in [0, 0.05) is 11.0 Å². The lowest BCUT2D eigenvalue weighted by atomic mass is 9.63. The Morgan fingerprint density at radius 2 is 2.04 bits per heavy atom. The Hall–Kier alpha value is -1.89. The molecule has 23 heavy (non-hydrogen) atoms. The fraction of sp³-hybridized carbons (Fsp3) is 0.409. The van der Waals surface area contributed by atoms with Crippen LogP contribution in [0, 0.1) is 17.3 Å². The molecule has 0 saturated heterocycles. The highest BCUT2D eigenvalue weighted by molar-refractivity contribution is 6.06. The van der Waals surface area contributed by atoms with Crippen LogP contribution in [-0.2, 0) is 12.8 Å². The average Bonchev–Trinajstić information content (AvgIpc) is 3.18. The zero-order chi connectivity index (χ0) is 15.6. The van der Waals surface area contributed by atoms with E-state index in [9.17, 15) is 4.79 Å². The molecule has 116 valence electrons. The minimum absolute atomic E-state index is 0.0809. The van der Waals surface area contributed by atoms with Crippen LogP contribution in [0.4, 0.5) is 0 Å². The van der Waals surface area contributed by atoms with E-state index in [2.05, 4.69) is 49.4 Å². The van der Waals surface area contributed by atoms with Gasteiger partial charge in [0.15, 0.2) is 5.78 Å². The van der Waals surface area contributed by atoms with Gasteiger partial charge in [-0.15, -0.1) is 0 Å². The number of aryl methyl sites for hydroxylation is 2. The van der Waals surface area contributed by atoms with Crippen molar-refractivity contribution in [1.82, 2.24) is 0 Å². The third-order valence-corrected chi connectivity index (χ3v) is 6.58. The van der Waals surface area contributed by atoms with Gasteiger partial charge in [0.1, 0.15) is 0 Å². The van der Waals surface area contributed by atoms with Crippen molar-refractivity contribution in [3.8, 4) is 0 Å². The van der Waals surface area contributed by atoms with E-state index < -0.39 is 0 Å². The van der Waals surface area contributed by atoms with Gasteiger partial charge in [0.25, 0.3) is 0 Å². The maximum absolute atomic E-state index is 13.4. The Labute approximate surface area is 137 Å². The SMILES string of the molecule is CCc1ccc2cc3c(cc2c1)C(=O)C1(CC3)CC2C=CC1C2. The highest BCUT2D eigenvalue weighted by Crippen LogP contribution is 2.57. The Morgan fingerprint density at radius 1 is 1.13 bits per heavy atom. The summed E-state index contributed by atoms with van der Waals surface area (Å²) in [7, 11) is 0. The Morgan fingerprint density at radius 3 is 2.78 bits per heavy atom. The van der Waals surface area contributed by atoms with Crippen LogP contribution in [0.5, 0.6) is 0 Å². The predicted octanol–water partition coefficient (Wildman–Crippen LogP) is 5.11. The van der Waals surface area contributed by atoms with E-state index in [1.807, 2.05) is 0 Å². The fourth-order valence-electron chi connectivity index (χ4n) is 5.28. The number of fused-ring (bicyclic) bond motifs is 5. The largest absolute Gasteiger partial charge is 0.294 e. The normalized spacial score (nSPS) is 31.3. The van der Waals surface area contributed by atoms with Gasteiger partial charge in [0.2, 0.25) is 0 Å². The van der Waals surface area contributed by atoms with Gasteiger partial charge in [-0.2, -0.15) is 0 Å². The van der Waals surface area contributed by atoms with Crippen molar-refractivity contribution in [3.05, 3.63) is 59.2 Å². The number of allylic oxidation sites excluding steroid dienone is 2. The van der Waals surface area contributed by atoms with Crippen LogP contribution in [0.25, 0.3) is 10.8 Å². The molecule has 3 aliphatic rings. The zero-order valence-electron chi connectivity index (χ0n) is 13.6. The number of hydrogen-bond donors (Lipinski definition) is 0. The molecule has 1 heteroatoms. The van der Waals surface area contributed by atoms with Crippen LogP contribution in [0.3, 0.4) is 0 Å². The van der Waals surface area contributed by atoms with Gasteiger partial charge in [-0.25, -0.2) is 0 Å². The molecule has 2 aromatic rings. The molecule has 2 bridgehead atoms. The summed E-state index contributed by atoms with van der Waals surface area (Å²) in [5, 5.41) is 2.50. The molecule has 0 aromatic heterocycles. The maximum Gasteiger partial charge on any atom is 0.169 e. The van der Waals surface area contributed by atoms with Crippen LogP contribution in [-0.4, -0.2) is 5.78 Å². The average molecular weight is 302 g/mol. The first-order chi connectivity index (χ1) is 11.2. The molecule has 5 rings (SSSR count). The predicted molar refractivity (Wildman–Crippen MR) is 93.8 cm³/mol. The molecule has 0 radical (unpaired) electrons. The van der Waals surface area contributed by atoms with Gasteiger partial charge >= 0.3 is 0 Å². The Bertz CT molecular complexity index is 860. The van der Waals surface area contributed by atoms with E-state index in [0.29, 0.717) is 17.6 Å². The number of benzene rings is 2. The van der Waals surface area contributed by atoms with Gasteiger partial charge < -0.3 is 0 Å². The minimum atomic E-state index is -0.0809. The third-order valence-electron chi connectivity index (χ3n) is 6.58. The molecule has 3 atom stereocenters. The molecule has 1 spiro atoms. The number of carbonyl (C=O) groups is 1. The molecular weight excluding hydrogens is 280 g/mol.